The van der Waals surface area contributed by atoms with E-state index in [1.165, 1.54) is 0 Å². The van der Waals surface area contributed by atoms with Crippen LogP contribution in [0, 0.1) is 0 Å². The maximum Gasteiger partial charge on any atom is 0.163 e. The molecule has 92 valence electrons. The molecule has 0 radical (unpaired) electrons. The Morgan fingerprint density at radius 1 is 1.33 bits per heavy atom. The number of hydrogen-bond donors (Lipinski definition) is 0. The Bertz CT molecular complexity index is 601. The molecule has 18 heavy (non-hydrogen) atoms. The monoisotopic (exact) mass is 241 g/mol. The van der Waals surface area contributed by atoms with Gasteiger partial charge < -0.3 is 0 Å². The molecule has 1 aromatic heterocycles. The largest absolute Gasteiger partial charge is 0.294 e. The number of Topliss-reactive ketones (excluding diaryl/α,β-unsaturated/α-hetero) is 1. The molecule has 1 aromatic carbocycles. The normalized spacial score (nSPS) is 13.9. The fraction of sp³-hybridized carbons (Fsp3) is 0.357. The first kappa shape index (κ1) is 11.1. The van der Waals surface area contributed by atoms with E-state index in [0.717, 1.165) is 41.8 Å². The summed E-state index contributed by atoms with van der Waals surface area (Å²) in [4.78, 5) is 11.6. The van der Waals surface area contributed by atoms with E-state index in [2.05, 4.69) is 23.3 Å². The molecule has 0 atom stereocenters. The lowest BCUT2D eigenvalue weighted by atomic mass is 10.0. The number of benzene rings is 1. The zero-order chi connectivity index (χ0) is 12.5. The van der Waals surface area contributed by atoms with Gasteiger partial charge in [0, 0.05) is 24.1 Å². The van der Waals surface area contributed by atoms with Crippen molar-refractivity contribution in [1.82, 2.24) is 15.0 Å². The van der Waals surface area contributed by atoms with E-state index in [1.54, 1.807) is 6.20 Å². The number of nitrogens with zero attached hydrogens (tertiary/aromatic N) is 3. The van der Waals surface area contributed by atoms with Gasteiger partial charge in [0.15, 0.2) is 5.78 Å². The van der Waals surface area contributed by atoms with Crippen LogP contribution in [0.15, 0.2) is 24.4 Å². The Morgan fingerprint density at radius 3 is 3.06 bits per heavy atom. The van der Waals surface area contributed by atoms with Crippen molar-refractivity contribution in [2.45, 2.75) is 32.7 Å². The first-order valence-corrected chi connectivity index (χ1v) is 6.34. The molecule has 0 saturated heterocycles. The molecule has 0 aliphatic heterocycles. The number of fused-ring (bicyclic) bond motifs is 1. The summed E-state index contributed by atoms with van der Waals surface area (Å²) in [6.45, 7) is 2.98. The molecule has 0 N–H and O–H groups in total. The van der Waals surface area contributed by atoms with E-state index in [-0.39, 0.29) is 5.78 Å². The van der Waals surface area contributed by atoms with Crippen molar-refractivity contribution in [3.63, 3.8) is 0 Å². The Balaban J connectivity index is 2.02. The van der Waals surface area contributed by atoms with Crippen LogP contribution in [0.3, 0.4) is 0 Å². The predicted octanol–water partition coefficient (Wildman–Crippen LogP) is 2.48. The van der Waals surface area contributed by atoms with Gasteiger partial charge in [-0.3, -0.25) is 4.79 Å². The standard InChI is InChI=1S/C14H15N3O/c1-2-7-17-13(9-15-16-17)11-3-5-12-10(8-11)4-6-14(12)18/h3,5,8-9H,2,4,6-7H2,1H3. The summed E-state index contributed by atoms with van der Waals surface area (Å²) in [6, 6.07) is 6.03. The minimum absolute atomic E-state index is 0.261. The molecule has 3 rings (SSSR count). The number of carbonyl (C=O) groups is 1. The SMILES string of the molecule is CCCn1nncc1-c1ccc2c(c1)CCC2=O. The summed E-state index contributed by atoms with van der Waals surface area (Å²) in [6.07, 6.45) is 4.32. The Hall–Kier alpha value is -1.97. The van der Waals surface area contributed by atoms with Gasteiger partial charge in [-0.1, -0.05) is 24.3 Å². The van der Waals surface area contributed by atoms with Gasteiger partial charge in [0.25, 0.3) is 0 Å². The Kier molecular flexibility index (Phi) is 2.70. The molecule has 1 aliphatic carbocycles. The van der Waals surface area contributed by atoms with Crippen molar-refractivity contribution < 1.29 is 4.79 Å². The molecular formula is C14H15N3O. The molecule has 2 aromatic rings. The van der Waals surface area contributed by atoms with Gasteiger partial charge in [0.05, 0.1) is 11.9 Å². The molecule has 0 bridgehead atoms. The quantitative estimate of drug-likeness (QED) is 0.829. The highest BCUT2D eigenvalue weighted by Gasteiger charge is 2.20. The molecule has 4 heteroatoms. The van der Waals surface area contributed by atoms with Crippen molar-refractivity contribution in [3.05, 3.63) is 35.5 Å². The first-order valence-electron chi connectivity index (χ1n) is 6.34. The van der Waals surface area contributed by atoms with Crippen LogP contribution in [0.2, 0.25) is 0 Å². The lowest BCUT2D eigenvalue weighted by molar-refractivity contribution is 0.0994. The fourth-order valence-electron chi connectivity index (χ4n) is 2.47. The molecule has 0 amide bonds. The predicted molar refractivity (Wildman–Crippen MR) is 68.4 cm³/mol. The number of aryl methyl sites for hydroxylation is 2. The number of carbonyl (C=O) groups excluding carboxylic acids is 1. The molecule has 1 heterocycles. The topological polar surface area (TPSA) is 47.8 Å². The van der Waals surface area contributed by atoms with Gasteiger partial charge in [0.2, 0.25) is 0 Å². The summed E-state index contributed by atoms with van der Waals surface area (Å²) in [5, 5.41) is 8.06. The highest BCUT2D eigenvalue weighted by molar-refractivity contribution is 6.00. The number of ketones is 1. The van der Waals surface area contributed by atoms with Gasteiger partial charge in [0.1, 0.15) is 0 Å². The van der Waals surface area contributed by atoms with Crippen LogP contribution in [0.4, 0.5) is 0 Å². The van der Waals surface area contributed by atoms with Gasteiger partial charge >= 0.3 is 0 Å². The van der Waals surface area contributed by atoms with Crippen molar-refractivity contribution in [2.75, 3.05) is 0 Å². The third kappa shape index (κ3) is 1.74. The Labute approximate surface area is 106 Å². The van der Waals surface area contributed by atoms with Crippen molar-refractivity contribution in [1.29, 1.82) is 0 Å². The minimum Gasteiger partial charge on any atom is -0.294 e. The van der Waals surface area contributed by atoms with Gasteiger partial charge in [-0.2, -0.15) is 0 Å². The number of aromatic nitrogens is 3. The average molecular weight is 241 g/mol. The third-order valence-electron chi connectivity index (χ3n) is 3.38. The summed E-state index contributed by atoms with van der Waals surface area (Å²) in [7, 11) is 0. The van der Waals surface area contributed by atoms with Gasteiger partial charge in [-0.05, 0) is 24.5 Å². The van der Waals surface area contributed by atoms with Crippen molar-refractivity contribution in [2.24, 2.45) is 0 Å². The summed E-state index contributed by atoms with van der Waals surface area (Å²) in [5.41, 5.74) is 4.16. The second kappa shape index (κ2) is 4.37. The van der Waals surface area contributed by atoms with E-state index in [1.807, 2.05) is 16.8 Å². The zero-order valence-corrected chi connectivity index (χ0v) is 10.4. The molecule has 0 spiro atoms. The first-order chi connectivity index (χ1) is 8.79. The van der Waals surface area contributed by atoms with E-state index in [0.29, 0.717) is 6.42 Å². The maximum atomic E-state index is 11.6. The van der Waals surface area contributed by atoms with E-state index in [4.69, 9.17) is 0 Å². The molecule has 0 fully saturated rings. The number of rotatable bonds is 3. The molecule has 1 aliphatic rings. The van der Waals surface area contributed by atoms with Crippen LogP contribution in [0.25, 0.3) is 11.3 Å². The molecular weight excluding hydrogens is 226 g/mol. The van der Waals surface area contributed by atoms with E-state index < -0.39 is 0 Å². The molecule has 4 nitrogen and oxygen atoms in total. The average Bonchev–Trinajstić information content (AvgIpc) is 2.97. The van der Waals surface area contributed by atoms with Crippen LogP contribution >= 0.6 is 0 Å². The van der Waals surface area contributed by atoms with Crippen molar-refractivity contribution >= 4 is 5.78 Å². The summed E-state index contributed by atoms with van der Waals surface area (Å²) >= 11 is 0. The van der Waals surface area contributed by atoms with E-state index in [9.17, 15) is 4.79 Å². The van der Waals surface area contributed by atoms with Crippen LogP contribution in [-0.4, -0.2) is 20.8 Å². The highest BCUT2D eigenvalue weighted by Crippen LogP contribution is 2.27. The van der Waals surface area contributed by atoms with Crippen LogP contribution in [0.1, 0.15) is 35.7 Å². The van der Waals surface area contributed by atoms with Crippen LogP contribution in [-0.2, 0) is 13.0 Å². The second-order valence-electron chi connectivity index (χ2n) is 4.64. The van der Waals surface area contributed by atoms with Gasteiger partial charge in [-0.25, -0.2) is 4.68 Å². The third-order valence-corrected chi connectivity index (χ3v) is 3.38. The lowest BCUT2D eigenvalue weighted by Crippen LogP contribution is -2.02. The Morgan fingerprint density at radius 2 is 2.22 bits per heavy atom. The lowest BCUT2D eigenvalue weighted by Gasteiger charge is -2.06. The maximum absolute atomic E-state index is 11.6. The van der Waals surface area contributed by atoms with Gasteiger partial charge in [-0.15, -0.1) is 5.10 Å². The summed E-state index contributed by atoms with van der Waals surface area (Å²) in [5.74, 6) is 0.261. The molecule has 0 saturated carbocycles. The highest BCUT2D eigenvalue weighted by atomic mass is 16.1. The smallest absolute Gasteiger partial charge is 0.163 e. The summed E-state index contributed by atoms with van der Waals surface area (Å²) < 4.78 is 1.92. The fourth-order valence-corrected chi connectivity index (χ4v) is 2.47. The van der Waals surface area contributed by atoms with Crippen molar-refractivity contribution in [3.8, 4) is 11.3 Å². The minimum atomic E-state index is 0.261. The number of hydrogen-bond acceptors (Lipinski definition) is 3. The molecule has 0 unspecified atom stereocenters. The van der Waals surface area contributed by atoms with Crippen LogP contribution in [0.5, 0.6) is 0 Å². The van der Waals surface area contributed by atoms with E-state index >= 15 is 0 Å². The zero-order valence-electron chi connectivity index (χ0n) is 10.4. The van der Waals surface area contributed by atoms with Crippen LogP contribution < -0.4 is 0 Å². The second-order valence-corrected chi connectivity index (χ2v) is 4.64.